The van der Waals surface area contributed by atoms with Crippen molar-refractivity contribution in [1.82, 2.24) is 0 Å². The average Bonchev–Trinajstić information content (AvgIpc) is 2.84. The Balaban J connectivity index is -0.000000173. The number of likely N-dealkylation sites (N-methyl/N-ethyl adjacent to an activating group) is 2. The normalized spacial score (nSPS) is 11.7. The quantitative estimate of drug-likeness (QED) is 0.0538. The summed E-state index contributed by atoms with van der Waals surface area (Å²) in [4.78, 5) is 81.5. The zero-order valence-electron chi connectivity index (χ0n) is 28.1. The van der Waals surface area contributed by atoms with Crippen molar-refractivity contribution in [2.24, 2.45) is 0 Å². The monoisotopic (exact) mass is 692 g/mol. The van der Waals surface area contributed by atoms with Crippen LogP contribution in [0.4, 0.5) is 0 Å². The van der Waals surface area contributed by atoms with Crippen LogP contribution in [-0.4, -0.2) is 178 Å². The first-order chi connectivity index (χ1) is 20.7. The zero-order chi connectivity index (χ0) is 37.3. The van der Waals surface area contributed by atoms with Gasteiger partial charge in [-0.05, 0) is 0 Å². The maximum absolute atomic E-state index is 11.1. The number of quaternary nitrogens is 2. The molecule has 47 heavy (non-hydrogen) atoms. The molecular formula is C28H48MgN2O16+4. The minimum absolute atomic E-state index is 0. The molecule has 0 aliphatic carbocycles. The fourth-order valence-corrected chi connectivity index (χ4v) is 2.72. The van der Waals surface area contributed by atoms with Gasteiger partial charge in [0.1, 0.15) is 13.1 Å². The summed E-state index contributed by atoms with van der Waals surface area (Å²) in [5.41, 5.74) is 0. The van der Waals surface area contributed by atoms with E-state index in [9.17, 15) is 38.4 Å². The molecule has 0 bridgehead atoms. The second-order valence-electron chi connectivity index (χ2n) is 11.1. The standard InChI is InChI=1S/2C10H19NO4.2C4H4O4.Mg/c2*1-5-10(14)15-8(6-9(12)13)7-11(2,3)4;2*5-3(6)1-2-4(7)8;/h2*8H,5-7H2,1-4H3;2*1-2H,(H,5,6)(H,7,8);/q;;;;+2/p+2/b;;2*2-1+;/t2*8-;;;/m11.../s1. The smallest absolute Gasteiger partial charge is 0.481 e. The summed E-state index contributed by atoms with van der Waals surface area (Å²) in [6, 6.07) is 0. The Hall–Kier alpha value is -4.07. The molecule has 19 heteroatoms. The maximum Gasteiger partial charge on any atom is 2.00 e. The Bertz CT molecular complexity index is 959. The summed E-state index contributed by atoms with van der Waals surface area (Å²) in [5.74, 6) is -7.63. The van der Waals surface area contributed by atoms with Crippen molar-refractivity contribution >= 4 is 70.8 Å². The van der Waals surface area contributed by atoms with Crippen LogP contribution < -0.4 is 0 Å². The van der Waals surface area contributed by atoms with Gasteiger partial charge in [0.15, 0.2) is 12.2 Å². The molecule has 0 spiro atoms. The van der Waals surface area contributed by atoms with E-state index >= 15 is 0 Å². The Morgan fingerprint density at radius 1 is 0.511 bits per heavy atom. The van der Waals surface area contributed by atoms with Gasteiger partial charge in [-0.15, -0.1) is 0 Å². The van der Waals surface area contributed by atoms with E-state index in [-0.39, 0.29) is 60.7 Å². The molecule has 18 nitrogen and oxygen atoms in total. The van der Waals surface area contributed by atoms with E-state index in [1.807, 2.05) is 42.3 Å². The summed E-state index contributed by atoms with van der Waals surface area (Å²) in [6.07, 6.45) is 1.41. The van der Waals surface area contributed by atoms with Crippen LogP contribution in [0.1, 0.15) is 39.5 Å². The van der Waals surface area contributed by atoms with Gasteiger partial charge in [0.25, 0.3) is 0 Å². The minimum atomic E-state index is -1.26. The summed E-state index contributed by atoms with van der Waals surface area (Å²) in [5, 5.41) is 48.6. The van der Waals surface area contributed by atoms with Crippen molar-refractivity contribution in [2.75, 3.05) is 55.4 Å². The van der Waals surface area contributed by atoms with E-state index in [4.69, 9.17) is 40.1 Å². The van der Waals surface area contributed by atoms with Gasteiger partial charge < -0.3 is 49.1 Å². The molecule has 0 aliphatic rings. The fourth-order valence-electron chi connectivity index (χ4n) is 2.72. The van der Waals surface area contributed by atoms with Crippen molar-refractivity contribution in [1.29, 1.82) is 0 Å². The summed E-state index contributed by atoms with van der Waals surface area (Å²) in [6.45, 7) is 4.37. The van der Waals surface area contributed by atoms with E-state index in [2.05, 4.69) is 0 Å². The number of aliphatic carboxylic acids is 6. The van der Waals surface area contributed by atoms with Crippen LogP contribution in [0, 0.1) is 0 Å². The molecule has 0 fully saturated rings. The number of carboxylic acid groups (broad SMARTS) is 6. The molecule has 0 amide bonds. The van der Waals surface area contributed by atoms with Gasteiger partial charge in [-0.25, -0.2) is 19.2 Å². The van der Waals surface area contributed by atoms with Gasteiger partial charge in [-0.2, -0.15) is 0 Å². The molecule has 0 unspecified atom stereocenters. The molecule has 0 saturated heterocycles. The number of hydrogen-bond donors (Lipinski definition) is 6. The van der Waals surface area contributed by atoms with E-state index < -0.39 is 48.0 Å². The Morgan fingerprint density at radius 2 is 0.723 bits per heavy atom. The Morgan fingerprint density at radius 3 is 0.851 bits per heavy atom. The molecule has 0 aliphatic heterocycles. The first-order valence-electron chi connectivity index (χ1n) is 13.5. The number of hydrogen-bond acceptors (Lipinski definition) is 10. The predicted octanol–water partition coefficient (Wildman–Crippen LogP) is 0.0210. The van der Waals surface area contributed by atoms with Crippen molar-refractivity contribution in [3.63, 3.8) is 0 Å². The third-order valence-electron chi connectivity index (χ3n) is 4.22. The van der Waals surface area contributed by atoms with E-state index in [0.29, 0.717) is 46.4 Å². The number of esters is 2. The van der Waals surface area contributed by atoms with Gasteiger partial charge in [-0.3, -0.25) is 19.2 Å². The third-order valence-corrected chi connectivity index (χ3v) is 4.22. The molecule has 0 rings (SSSR count). The van der Waals surface area contributed by atoms with Crippen LogP contribution in [0.25, 0.3) is 0 Å². The van der Waals surface area contributed by atoms with Crippen LogP contribution in [0.15, 0.2) is 24.3 Å². The van der Waals surface area contributed by atoms with E-state index in [1.165, 1.54) is 0 Å². The molecule has 2 atom stereocenters. The number of carboxylic acids is 6. The van der Waals surface area contributed by atoms with Crippen LogP contribution in [-0.2, 0) is 47.8 Å². The molecule has 0 radical (unpaired) electrons. The zero-order valence-corrected chi connectivity index (χ0v) is 29.5. The number of nitrogens with zero attached hydrogens (tertiary/aromatic N) is 2. The molecule has 0 aromatic heterocycles. The molecular weight excluding hydrogens is 645 g/mol. The first-order valence-corrected chi connectivity index (χ1v) is 13.5. The van der Waals surface area contributed by atoms with Crippen LogP contribution in [0.3, 0.4) is 0 Å². The SMILES string of the molecule is CCC(=O)O[C@H](CC(=O)O)C[N+](C)(C)C.CCC(=O)O[C@H](CC(=O)O)C[N+](C)(C)C.O=C(O)/C=C/C(=O)O.O=C(O)/C=C/C(=O)O.[Mg+2]. The minimum Gasteiger partial charge on any atom is -0.481 e. The van der Waals surface area contributed by atoms with Crippen LogP contribution >= 0.6 is 0 Å². The predicted molar refractivity (Wildman–Crippen MR) is 165 cm³/mol. The van der Waals surface area contributed by atoms with E-state index in [0.717, 1.165) is 0 Å². The van der Waals surface area contributed by atoms with E-state index in [1.54, 1.807) is 13.8 Å². The topological polar surface area (TPSA) is 276 Å². The van der Waals surface area contributed by atoms with Gasteiger partial charge >= 0.3 is 70.8 Å². The van der Waals surface area contributed by atoms with Crippen molar-refractivity contribution < 1.29 is 87.4 Å². The van der Waals surface area contributed by atoms with Crippen molar-refractivity contribution in [3.05, 3.63) is 24.3 Å². The molecule has 0 heterocycles. The van der Waals surface area contributed by atoms with Gasteiger partial charge in [0.2, 0.25) is 0 Å². The first kappa shape index (κ1) is 52.5. The molecule has 0 aromatic carbocycles. The molecule has 6 N–H and O–H groups in total. The summed E-state index contributed by atoms with van der Waals surface area (Å²) < 4.78 is 11.2. The van der Waals surface area contributed by atoms with Crippen molar-refractivity contribution in [3.8, 4) is 0 Å². The van der Waals surface area contributed by atoms with Crippen LogP contribution in [0.2, 0.25) is 0 Å². The Labute approximate surface area is 289 Å². The van der Waals surface area contributed by atoms with Crippen LogP contribution in [0.5, 0.6) is 0 Å². The number of rotatable bonds is 16. The second kappa shape index (κ2) is 28.2. The average molecular weight is 693 g/mol. The third kappa shape index (κ3) is 51.8. The maximum atomic E-state index is 11.1. The van der Waals surface area contributed by atoms with Gasteiger partial charge in [0, 0.05) is 37.1 Å². The number of carbonyl (C=O) groups excluding carboxylic acids is 2. The fraction of sp³-hybridized carbons (Fsp3) is 0.571. The number of ether oxygens (including phenoxy) is 2. The molecule has 264 valence electrons. The second-order valence-corrected chi connectivity index (χ2v) is 11.1. The van der Waals surface area contributed by atoms with Crippen molar-refractivity contribution in [2.45, 2.75) is 51.7 Å². The Kier molecular flexibility index (Phi) is 31.4. The summed E-state index contributed by atoms with van der Waals surface area (Å²) >= 11 is 0. The van der Waals surface area contributed by atoms with Gasteiger partial charge in [0.05, 0.1) is 55.1 Å². The largest absolute Gasteiger partial charge is 2.00 e. The number of carbonyl (C=O) groups is 8. The summed E-state index contributed by atoms with van der Waals surface area (Å²) in [7, 11) is 11.6. The molecule has 0 aromatic rings. The van der Waals surface area contributed by atoms with Gasteiger partial charge in [-0.1, -0.05) is 13.8 Å². The molecule has 0 saturated carbocycles.